The summed E-state index contributed by atoms with van der Waals surface area (Å²) in [6.07, 6.45) is 2.46. The van der Waals surface area contributed by atoms with Crippen LogP contribution in [0, 0.1) is 0 Å². The number of furan rings is 1. The van der Waals surface area contributed by atoms with Crippen molar-refractivity contribution >= 4 is 17.2 Å². The van der Waals surface area contributed by atoms with E-state index in [4.69, 9.17) is 4.42 Å². The molecule has 2 heterocycles. The van der Waals surface area contributed by atoms with Gasteiger partial charge in [-0.15, -0.1) is 0 Å². The number of nitrogens with zero attached hydrogens (tertiary/aromatic N) is 1. The van der Waals surface area contributed by atoms with E-state index in [1.165, 1.54) is 0 Å². The minimum Gasteiger partial charge on any atom is -0.453 e. The van der Waals surface area contributed by atoms with Gasteiger partial charge in [-0.3, -0.25) is 9.78 Å². The predicted molar refractivity (Wildman–Crippen MR) is 64.8 cm³/mol. The normalized spacial score (nSPS) is 10.6. The third-order valence-corrected chi connectivity index (χ3v) is 2.65. The van der Waals surface area contributed by atoms with Crippen LogP contribution in [0.5, 0.6) is 0 Å². The molecule has 1 aromatic carbocycles. The van der Waals surface area contributed by atoms with Gasteiger partial charge in [0.15, 0.2) is 12.0 Å². The van der Waals surface area contributed by atoms with Gasteiger partial charge >= 0.3 is 0 Å². The molecule has 0 spiro atoms. The van der Waals surface area contributed by atoms with E-state index in [-0.39, 0.29) is 0 Å². The van der Waals surface area contributed by atoms with Gasteiger partial charge in [0.2, 0.25) is 0 Å². The van der Waals surface area contributed by atoms with Crippen molar-refractivity contribution < 1.29 is 9.21 Å². The third kappa shape index (κ3) is 1.61. The number of carbonyl (C=O) groups is 1. The highest BCUT2D eigenvalue weighted by molar-refractivity contribution is 5.93. The van der Waals surface area contributed by atoms with Crippen LogP contribution in [0.4, 0.5) is 0 Å². The molecule has 0 saturated carbocycles. The lowest BCUT2D eigenvalue weighted by Crippen LogP contribution is -1.81. The molecule has 0 fully saturated rings. The van der Waals surface area contributed by atoms with Crippen LogP contribution in [0.2, 0.25) is 0 Å². The lowest BCUT2D eigenvalue weighted by atomic mass is 10.1. The minimum atomic E-state index is 0.334. The maximum Gasteiger partial charge on any atom is 0.185 e. The van der Waals surface area contributed by atoms with Crippen molar-refractivity contribution in [3.8, 4) is 11.3 Å². The third-order valence-electron chi connectivity index (χ3n) is 2.65. The second kappa shape index (κ2) is 3.87. The van der Waals surface area contributed by atoms with Crippen molar-refractivity contribution in [2.24, 2.45) is 0 Å². The van der Waals surface area contributed by atoms with E-state index in [0.29, 0.717) is 17.8 Å². The molecule has 3 nitrogen and oxygen atoms in total. The van der Waals surface area contributed by atoms with Crippen molar-refractivity contribution in [3.63, 3.8) is 0 Å². The van der Waals surface area contributed by atoms with Gasteiger partial charge in [0, 0.05) is 17.1 Å². The van der Waals surface area contributed by atoms with Gasteiger partial charge in [0.25, 0.3) is 0 Å². The Kier molecular flexibility index (Phi) is 2.22. The Labute approximate surface area is 97.7 Å². The SMILES string of the molecule is O=Cc1ccc(-c2cccc3ncccc23)o1. The molecule has 82 valence electrons. The number of hydrogen-bond donors (Lipinski definition) is 0. The summed E-state index contributed by atoms with van der Waals surface area (Å²) in [6, 6.07) is 13.2. The average Bonchev–Trinajstić information content (AvgIpc) is 2.87. The summed E-state index contributed by atoms with van der Waals surface area (Å²) < 4.78 is 5.43. The molecule has 3 heteroatoms. The molecular formula is C14H9NO2. The maximum absolute atomic E-state index is 10.6. The van der Waals surface area contributed by atoms with E-state index in [2.05, 4.69) is 4.98 Å². The summed E-state index contributed by atoms with van der Waals surface area (Å²) in [5.74, 6) is 1.02. The van der Waals surface area contributed by atoms with E-state index < -0.39 is 0 Å². The molecule has 17 heavy (non-hydrogen) atoms. The van der Waals surface area contributed by atoms with Crippen LogP contribution in [0.15, 0.2) is 53.1 Å². The minimum absolute atomic E-state index is 0.334. The molecule has 0 atom stereocenters. The molecule has 0 unspecified atom stereocenters. The van der Waals surface area contributed by atoms with Crippen LogP contribution < -0.4 is 0 Å². The Morgan fingerprint density at radius 3 is 2.82 bits per heavy atom. The lowest BCUT2D eigenvalue weighted by Gasteiger charge is -2.02. The standard InChI is InChI=1S/C14H9NO2/c16-9-10-6-7-14(17-10)12-3-1-5-13-11(12)4-2-8-15-13/h1-9H. The Bertz CT molecular complexity index is 680. The summed E-state index contributed by atoms with van der Waals surface area (Å²) in [4.78, 5) is 14.9. The van der Waals surface area contributed by atoms with Crippen molar-refractivity contribution in [2.45, 2.75) is 0 Å². The first-order chi connectivity index (χ1) is 8.38. The van der Waals surface area contributed by atoms with E-state index in [0.717, 1.165) is 16.5 Å². The van der Waals surface area contributed by atoms with Crippen LogP contribution in [-0.4, -0.2) is 11.3 Å². The molecule has 0 N–H and O–H groups in total. The Balaban J connectivity index is 2.26. The van der Waals surface area contributed by atoms with Gasteiger partial charge < -0.3 is 4.42 Å². The molecule has 0 amide bonds. The fourth-order valence-electron chi connectivity index (χ4n) is 1.88. The molecule has 0 aliphatic heterocycles. The number of aromatic nitrogens is 1. The van der Waals surface area contributed by atoms with Crippen LogP contribution in [0.25, 0.3) is 22.2 Å². The van der Waals surface area contributed by atoms with Gasteiger partial charge in [0.05, 0.1) is 5.52 Å². The zero-order valence-electron chi connectivity index (χ0n) is 8.96. The second-order valence-corrected chi connectivity index (χ2v) is 3.70. The zero-order chi connectivity index (χ0) is 11.7. The van der Waals surface area contributed by atoms with Crippen LogP contribution >= 0.6 is 0 Å². The number of aldehydes is 1. The van der Waals surface area contributed by atoms with Crippen LogP contribution in [0.1, 0.15) is 10.6 Å². The number of carbonyl (C=O) groups excluding carboxylic acids is 1. The van der Waals surface area contributed by atoms with E-state index in [1.54, 1.807) is 18.3 Å². The second-order valence-electron chi connectivity index (χ2n) is 3.70. The highest BCUT2D eigenvalue weighted by Crippen LogP contribution is 2.28. The van der Waals surface area contributed by atoms with Gasteiger partial charge in [-0.2, -0.15) is 0 Å². The maximum atomic E-state index is 10.6. The van der Waals surface area contributed by atoms with Gasteiger partial charge in [0.1, 0.15) is 5.76 Å². The molecule has 0 saturated heterocycles. The molecule has 2 aromatic heterocycles. The molecule has 3 rings (SSSR count). The zero-order valence-corrected chi connectivity index (χ0v) is 8.96. The van der Waals surface area contributed by atoms with E-state index >= 15 is 0 Å². The Morgan fingerprint density at radius 1 is 1.06 bits per heavy atom. The average molecular weight is 223 g/mol. The van der Waals surface area contributed by atoms with E-state index in [1.807, 2.05) is 30.3 Å². The topological polar surface area (TPSA) is 43.1 Å². The first kappa shape index (κ1) is 9.78. The summed E-state index contributed by atoms with van der Waals surface area (Å²) in [5.41, 5.74) is 1.86. The Hall–Kier alpha value is -2.42. The fourth-order valence-corrected chi connectivity index (χ4v) is 1.88. The predicted octanol–water partition coefficient (Wildman–Crippen LogP) is 3.31. The number of fused-ring (bicyclic) bond motifs is 1. The van der Waals surface area contributed by atoms with Gasteiger partial charge in [-0.25, -0.2) is 0 Å². The highest BCUT2D eigenvalue weighted by Gasteiger charge is 2.07. The monoisotopic (exact) mass is 223 g/mol. The van der Waals surface area contributed by atoms with Crippen LogP contribution in [0.3, 0.4) is 0 Å². The summed E-state index contributed by atoms with van der Waals surface area (Å²) >= 11 is 0. The largest absolute Gasteiger partial charge is 0.453 e. The van der Waals surface area contributed by atoms with Crippen molar-refractivity contribution in [3.05, 3.63) is 54.4 Å². The van der Waals surface area contributed by atoms with Gasteiger partial charge in [-0.05, 0) is 24.3 Å². The molecule has 0 aliphatic carbocycles. The van der Waals surface area contributed by atoms with E-state index in [9.17, 15) is 4.79 Å². The molecule has 0 radical (unpaired) electrons. The first-order valence-electron chi connectivity index (χ1n) is 5.27. The molecular weight excluding hydrogens is 214 g/mol. The highest BCUT2D eigenvalue weighted by atomic mass is 16.3. The first-order valence-corrected chi connectivity index (χ1v) is 5.27. The van der Waals surface area contributed by atoms with Crippen molar-refractivity contribution in [1.82, 2.24) is 4.98 Å². The van der Waals surface area contributed by atoms with Crippen molar-refractivity contribution in [1.29, 1.82) is 0 Å². The van der Waals surface area contributed by atoms with Gasteiger partial charge in [-0.1, -0.05) is 18.2 Å². The fraction of sp³-hybridized carbons (Fsp3) is 0. The number of benzene rings is 1. The lowest BCUT2D eigenvalue weighted by molar-refractivity contribution is 0.110. The number of rotatable bonds is 2. The number of pyridine rings is 1. The van der Waals surface area contributed by atoms with Crippen LogP contribution in [-0.2, 0) is 0 Å². The summed E-state index contributed by atoms with van der Waals surface area (Å²) in [7, 11) is 0. The molecule has 0 bridgehead atoms. The quantitative estimate of drug-likeness (QED) is 0.626. The summed E-state index contributed by atoms with van der Waals surface area (Å²) in [5, 5.41) is 1.02. The van der Waals surface area contributed by atoms with Crippen molar-refractivity contribution in [2.75, 3.05) is 0 Å². The smallest absolute Gasteiger partial charge is 0.185 e. The summed E-state index contributed by atoms with van der Waals surface area (Å²) in [6.45, 7) is 0. The number of hydrogen-bond acceptors (Lipinski definition) is 3. The Morgan fingerprint density at radius 2 is 2.00 bits per heavy atom. The molecule has 0 aliphatic rings. The molecule has 3 aromatic rings.